The smallest absolute Gasteiger partial charge is 0.152 e. The number of nitrogens with two attached hydrogens (primary N) is 1. The second-order valence-electron chi connectivity index (χ2n) is 4.16. The molecule has 0 aliphatic carbocycles. The fraction of sp³-hybridized carbons (Fsp3) is 0.308. The zero-order chi connectivity index (χ0) is 12.4. The van der Waals surface area contributed by atoms with E-state index in [9.17, 15) is 0 Å². The van der Waals surface area contributed by atoms with Crippen LogP contribution in [0.5, 0.6) is 0 Å². The standard InChI is InChI=1S/C13H18N4/c1-4-17-13(12(14)10(3)16-17)15-11-7-5-6-9(2)8-11/h5-8,15H,4,14H2,1-3H3. The molecule has 1 aromatic carbocycles. The molecule has 0 atom stereocenters. The third-order valence-corrected chi connectivity index (χ3v) is 2.75. The molecular formula is C13H18N4. The molecular weight excluding hydrogens is 212 g/mol. The van der Waals surface area contributed by atoms with Crippen molar-refractivity contribution in [2.45, 2.75) is 27.3 Å². The molecule has 0 saturated heterocycles. The van der Waals surface area contributed by atoms with Gasteiger partial charge in [0, 0.05) is 12.2 Å². The predicted molar refractivity (Wildman–Crippen MR) is 71.5 cm³/mol. The van der Waals surface area contributed by atoms with Crippen LogP contribution in [0.3, 0.4) is 0 Å². The highest BCUT2D eigenvalue weighted by atomic mass is 15.3. The lowest BCUT2D eigenvalue weighted by atomic mass is 10.2. The number of aromatic nitrogens is 2. The Balaban J connectivity index is 2.35. The Morgan fingerprint density at radius 3 is 2.76 bits per heavy atom. The molecule has 2 rings (SSSR count). The number of benzene rings is 1. The van der Waals surface area contributed by atoms with E-state index in [2.05, 4.69) is 29.5 Å². The Morgan fingerprint density at radius 1 is 1.35 bits per heavy atom. The van der Waals surface area contributed by atoms with Gasteiger partial charge in [0.15, 0.2) is 5.82 Å². The highest BCUT2D eigenvalue weighted by Gasteiger charge is 2.11. The van der Waals surface area contributed by atoms with E-state index < -0.39 is 0 Å². The first-order chi connectivity index (χ1) is 8.11. The van der Waals surface area contributed by atoms with Gasteiger partial charge < -0.3 is 11.1 Å². The normalized spacial score (nSPS) is 10.5. The molecule has 0 saturated carbocycles. The molecule has 17 heavy (non-hydrogen) atoms. The predicted octanol–water partition coefficient (Wildman–Crippen LogP) is 2.85. The molecule has 0 aliphatic rings. The molecule has 0 amide bonds. The van der Waals surface area contributed by atoms with Crippen molar-refractivity contribution in [1.82, 2.24) is 9.78 Å². The molecule has 0 aliphatic heterocycles. The van der Waals surface area contributed by atoms with E-state index in [1.54, 1.807) is 0 Å². The first kappa shape index (κ1) is 11.5. The molecule has 0 fully saturated rings. The fourth-order valence-electron chi connectivity index (χ4n) is 1.82. The summed E-state index contributed by atoms with van der Waals surface area (Å²) in [6, 6.07) is 8.20. The Morgan fingerprint density at radius 2 is 2.12 bits per heavy atom. The van der Waals surface area contributed by atoms with Gasteiger partial charge in [-0.15, -0.1) is 0 Å². The molecule has 3 N–H and O–H groups in total. The van der Waals surface area contributed by atoms with Gasteiger partial charge in [0.25, 0.3) is 0 Å². The lowest BCUT2D eigenvalue weighted by Gasteiger charge is -2.09. The minimum absolute atomic E-state index is 0.716. The summed E-state index contributed by atoms with van der Waals surface area (Å²) in [7, 11) is 0. The fourth-order valence-corrected chi connectivity index (χ4v) is 1.82. The second kappa shape index (κ2) is 4.49. The summed E-state index contributed by atoms with van der Waals surface area (Å²) in [5, 5.41) is 7.71. The highest BCUT2D eigenvalue weighted by Crippen LogP contribution is 2.26. The van der Waals surface area contributed by atoms with Crippen molar-refractivity contribution in [3.63, 3.8) is 0 Å². The maximum Gasteiger partial charge on any atom is 0.152 e. The third kappa shape index (κ3) is 2.25. The third-order valence-electron chi connectivity index (χ3n) is 2.75. The number of nitrogen functional groups attached to an aromatic ring is 1. The highest BCUT2D eigenvalue weighted by molar-refractivity contribution is 5.71. The SMILES string of the molecule is CCn1nc(C)c(N)c1Nc1cccc(C)c1. The number of anilines is 3. The van der Waals surface area contributed by atoms with Crippen LogP contribution in [0.25, 0.3) is 0 Å². The molecule has 0 spiro atoms. The maximum absolute atomic E-state index is 6.02. The van der Waals surface area contributed by atoms with Gasteiger partial charge in [0.2, 0.25) is 0 Å². The Hall–Kier alpha value is -1.97. The van der Waals surface area contributed by atoms with Crippen molar-refractivity contribution >= 4 is 17.2 Å². The van der Waals surface area contributed by atoms with Gasteiger partial charge >= 0.3 is 0 Å². The van der Waals surface area contributed by atoms with Gasteiger partial charge in [-0.3, -0.25) is 0 Å². The Bertz CT molecular complexity index is 528. The van der Waals surface area contributed by atoms with Crippen molar-refractivity contribution in [3.8, 4) is 0 Å². The minimum Gasteiger partial charge on any atom is -0.394 e. The lowest BCUT2D eigenvalue weighted by molar-refractivity contribution is 0.661. The van der Waals surface area contributed by atoms with Crippen molar-refractivity contribution in [2.24, 2.45) is 0 Å². The summed E-state index contributed by atoms with van der Waals surface area (Å²) in [5.41, 5.74) is 9.85. The van der Waals surface area contributed by atoms with E-state index in [-0.39, 0.29) is 0 Å². The molecule has 1 heterocycles. The van der Waals surface area contributed by atoms with Crippen LogP contribution in [0, 0.1) is 13.8 Å². The van der Waals surface area contributed by atoms with Gasteiger partial charge in [0.1, 0.15) is 0 Å². The Labute approximate surface area is 101 Å². The van der Waals surface area contributed by atoms with Crippen LogP contribution in [0.2, 0.25) is 0 Å². The summed E-state index contributed by atoms with van der Waals surface area (Å²) >= 11 is 0. The second-order valence-corrected chi connectivity index (χ2v) is 4.16. The number of hydrogen-bond donors (Lipinski definition) is 2. The molecule has 2 aromatic rings. The maximum atomic E-state index is 6.02. The Kier molecular flexibility index (Phi) is 3.04. The van der Waals surface area contributed by atoms with Crippen LogP contribution in [-0.4, -0.2) is 9.78 Å². The number of rotatable bonds is 3. The zero-order valence-corrected chi connectivity index (χ0v) is 10.5. The lowest BCUT2D eigenvalue weighted by Crippen LogP contribution is -2.04. The van der Waals surface area contributed by atoms with Crippen LogP contribution in [0.4, 0.5) is 17.2 Å². The van der Waals surface area contributed by atoms with Gasteiger partial charge in [0.05, 0.1) is 11.4 Å². The molecule has 90 valence electrons. The average molecular weight is 230 g/mol. The first-order valence-electron chi connectivity index (χ1n) is 5.78. The minimum atomic E-state index is 0.716. The summed E-state index contributed by atoms with van der Waals surface area (Å²) in [4.78, 5) is 0. The van der Waals surface area contributed by atoms with Gasteiger partial charge in [-0.1, -0.05) is 12.1 Å². The van der Waals surface area contributed by atoms with Crippen molar-refractivity contribution < 1.29 is 0 Å². The number of nitrogens with one attached hydrogen (secondary N) is 1. The summed E-state index contributed by atoms with van der Waals surface area (Å²) < 4.78 is 1.88. The topological polar surface area (TPSA) is 55.9 Å². The molecule has 0 radical (unpaired) electrons. The molecule has 1 aromatic heterocycles. The van der Waals surface area contributed by atoms with E-state index in [0.717, 1.165) is 23.7 Å². The van der Waals surface area contributed by atoms with Crippen molar-refractivity contribution in [1.29, 1.82) is 0 Å². The summed E-state index contributed by atoms with van der Waals surface area (Å²) in [5.74, 6) is 0.871. The van der Waals surface area contributed by atoms with Crippen molar-refractivity contribution in [3.05, 3.63) is 35.5 Å². The summed E-state index contributed by atoms with van der Waals surface area (Å²) in [6.07, 6.45) is 0. The van der Waals surface area contributed by atoms with E-state index in [0.29, 0.717) is 5.69 Å². The van der Waals surface area contributed by atoms with Crippen LogP contribution in [0.1, 0.15) is 18.2 Å². The van der Waals surface area contributed by atoms with Crippen LogP contribution >= 0.6 is 0 Å². The number of hydrogen-bond acceptors (Lipinski definition) is 3. The van der Waals surface area contributed by atoms with Gasteiger partial charge in [-0.25, -0.2) is 4.68 Å². The molecule has 4 nitrogen and oxygen atoms in total. The zero-order valence-electron chi connectivity index (χ0n) is 10.5. The molecule has 0 unspecified atom stereocenters. The van der Waals surface area contributed by atoms with Gasteiger partial charge in [-0.2, -0.15) is 5.10 Å². The summed E-state index contributed by atoms with van der Waals surface area (Å²) in [6.45, 7) is 6.83. The van der Waals surface area contributed by atoms with Crippen LogP contribution in [-0.2, 0) is 6.54 Å². The van der Waals surface area contributed by atoms with Crippen molar-refractivity contribution in [2.75, 3.05) is 11.1 Å². The average Bonchev–Trinajstić information content (AvgIpc) is 2.57. The van der Waals surface area contributed by atoms with E-state index in [4.69, 9.17) is 5.73 Å². The van der Waals surface area contributed by atoms with Crippen LogP contribution in [0.15, 0.2) is 24.3 Å². The van der Waals surface area contributed by atoms with E-state index in [1.165, 1.54) is 5.56 Å². The van der Waals surface area contributed by atoms with Gasteiger partial charge in [-0.05, 0) is 38.5 Å². The van der Waals surface area contributed by atoms with E-state index >= 15 is 0 Å². The first-order valence-corrected chi connectivity index (χ1v) is 5.78. The monoisotopic (exact) mass is 230 g/mol. The molecule has 0 bridgehead atoms. The largest absolute Gasteiger partial charge is 0.394 e. The van der Waals surface area contributed by atoms with Crippen LogP contribution < -0.4 is 11.1 Å². The molecule has 4 heteroatoms. The quantitative estimate of drug-likeness (QED) is 0.852. The number of aryl methyl sites for hydroxylation is 3. The number of nitrogens with zero attached hydrogens (tertiary/aromatic N) is 2. The van der Waals surface area contributed by atoms with E-state index in [1.807, 2.05) is 30.7 Å².